The minimum absolute atomic E-state index is 0.0434. The Morgan fingerprint density at radius 2 is 2.09 bits per heavy atom. The smallest absolute Gasteiger partial charge is 0.279 e. The number of anilines is 3. The Hall–Kier alpha value is -4.25. The summed E-state index contributed by atoms with van der Waals surface area (Å²) in [6, 6.07) is 10.5. The van der Waals surface area contributed by atoms with Crippen LogP contribution in [0.15, 0.2) is 59.8 Å². The molecule has 1 aliphatic rings. The highest BCUT2D eigenvalue weighted by Crippen LogP contribution is 2.24. The highest BCUT2D eigenvalue weighted by atomic mass is 16.5. The number of nitrogens with zero attached hydrogens (tertiary/aromatic N) is 5. The summed E-state index contributed by atoms with van der Waals surface area (Å²) in [7, 11) is 3.44. The number of ether oxygens (including phenoxy) is 1. The van der Waals surface area contributed by atoms with E-state index in [4.69, 9.17) is 4.74 Å². The molecular weight excluding hydrogens is 448 g/mol. The second-order valence-corrected chi connectivity index (χ2v) is 8.32. The lowest BCUT2D eigenvalue weighted by molar-refractivity contribution is 0.0916. The summed E-state index contributed by atoms with van der Waals surface area (Å²) in [5, 5.41) is 13.6. The number of amides is 1. The normalized spacial score (nSPS) is 17.4. The fourth-order valence-corrected chi connectivity index (χ4v) is 4.32. The molecule has 3 N–H and O–H groups in total. The number of rotatable bonds is 7. The van der Waals surface area contributed by atoms with Gasteiger partial charge in [0.05, 0.1) is 12.3 Å². The second-order valence-electron chi connectivity index (χ2n) is 8.32. The molecule has 2 atom stereocenters. The minimum Gasteiger partial charge on any atom is -0.381 e. The lowest BCUT2D eigenvalue weighted by Gasteiger charge is -2.13. The molecule has 1 saturated carbocycles. The summed E-state index contributed by atoms with van der Waals surface area (Å²) < 4.78 is 8.42. The van der Waals surface area contributed by atoms with Crippen LogP contribution in [0.2, 0.25) is 0 Å². The zero-order chi connectivity index (χ0) is 24.4. The maximum Gasteiger partial charge on any atom is 0.279 e. The summed E-state index contributed by atoms with van der Waals surface area (Å²) in [6.45, 7) is 0. The molecule has 4 aromatic heterocycles. The molecule has 0 unspecified atom stereocenters. The van der Waals surface area contributed by atoms with Gasteiger partial charge < -0.3 is 20.7 Å². The Morgan fingerprint density at radius 3 is 2.83 bits per heavy atom. The molecule has 0 aromatic carbocycles. The van der Waals surface area contributed by atoms with E-state index in [1.807, 2.05) is 6.07 Å². The van der Waals surface area contributed by atoms with Crippen LogP contribution in [-0.2, 0) is 4.74 Å². The van der Waals surface area contributed by atoms with Gasteiger partial charge >= 0.3 is 0 Å². The molecule has 1 fully saturated rings. The monoisotopic (exact) mass is 474 g/mol. The van der Waals surface area contributed by atoms with E-state index in [0.29, 0.717) is 34.4 Å². The molecule has 180 valence electrons. The molecule has 5 rings (SSSR count). The number of carbonyl (C=O) groups excluding carboxylic acids is 1. The average Bonchev–Trinajstić information content (AvgIpc) is 3.52. The van der Waals surface area contributed by atoms with E-state index >= 15 is 0 Å². The lowest BCUT2D eigenvalue weighted by Crippen LogP contribution is -2.33. The Balaban J connectivity index is 1.46. The first-order valence-electron chi connectivity index (χ1n) is 11.4. The van der Waals surface area contributed by atoms with Crippen molar-refractivity contribution in [3.05, 3.63) is 70.9 Å². The van der Waals surface area contributed by atoms with E-state index in [0.717, 1.165) is 19.3 Å². The SMILES string of the molecule is CNc1cc(Nc2cccn(-c3ccccn3)c2=O)nc2c(C(=O)N[C@@H]3CC[C@@H](OC)C3)cnn12. The molecule has 4 heterocycles. The van der Waals surface area contributed by atoms with Crippen LogP contribution in [0.4, 0.5) is 17.3 Å². The maximum absolute atomic E-state index is 13.1. The predicted molar refractivity (Wildman–Crippen MR) is 132 cm³/mol. The fraction of sp³-hybridized carbons (Fsp3) is 0.292. The number of pyridine rings is 2. The van der Waals surface area contributed by atoms with Gasteiger partial charge in [-0.1, -0.05) is 6.07 Å². The number of hydrogen-bond acceptors (Lipinski definition) is 8. The summed E-state index contributed by atoms with van der Waals surface area (Å²) in [5.74, 6) is 1.27. The molecule has 0 aliphatic heterocycles. The van der Waals surface area contributed by atoms with Gasteiger partial charge in [-0.05, 0) is 43.5 Å². The highest BCUT2D eigenvalue weighted by molar-refractivity contribution is 6.00. The maximum atomic E-state index is 13.1. The molecule has 0 bridgehead atoms. The number of aromatic nitrogens is 5. The van der Waals surface area contributed by atoms with Crippen molar-refractivity contribution in [3.63, 3.8) is 0 Å². The number of carbonyl (C=O) groups is 1. The summed E-state index contributed by atoms with van der Waals surface area (Å²) in [6.07, 6.45) is 7.50. The van der Waals surface area contributed by atoms with Crippen molar-refractivity contribution in [2.45, 2.75) is 31.4 Å². The van der Waals surface area contributed by atoms with Crippen LogP contribution >= 0.6 is 0 Å². The molecule has 0 spiro atoms. The Bertz CT molecular complexity index is 1420. The van der Waals surface area contributed by atoms with Gasteiger partial charge in [0, 0.05) is 38.7 Å². The van der Waals surface area contributed by atoms with E-state index in [9.17, 15) is 9.59 Å². The van der Waals surface area contributed by atoms with E-state index in [-0.39, 0.29) is 23.6 Å². The Labute approximate surface area is 201 Å². The van der Waals surface area contributed by atoms with Gasteiger partial charge in [-0.3, -0.25) is 14.2 Å². The average molecular weight is 475 g/mol. The van der Waals surface area contributed by atoms with Crippen LogP contribution in [0.25, 0.3) is 11.5 Å². The van der Waals surface area contributed by atoms with Crippen molar-refractivity contribution >= 4 is 28.9 Å². The molecule has 1 aliphatic carbocycles. The Morgan fingerprint density at radius 1 is 1.20 bits per heavy atom. The number of fused-ring (bicyclic) bond motifs is 1. The minimum atomic E-state index is -0.278. The van der Waals surface area contributed by atoms with Crippen LogP contribution in [0.3, 0.4) is 0 Å². The standard InChI is InChI=1S/C24H26N8O3/c1-25-21-13-19(29-18-6-5-11-31(24(18)34)20-7-3-4-10-26-20)30-22-17(14-27-32(21)22)23(33)28-15-8-9-16(12-15)35-2/h3-7,10-11,13-16,25H,8-9,12H2,1-2H3,(H,28,33)(H,29,30)/t15-,16-/m1/s1. The summed E-state index contributed by atoms with van der Waals surface area (Å²) >= 11 is 0. The third kappa shape index (κ3) is 4.45. The quantitative estimate of drug-likeness (QED) is 0.373. The van der Waals surface area contributed by atoms with Crippen molar-refractivity contribution < 1.29 is 9.53 Å². The molecular formula is C24H26N8O3. The van der Waals surface area contributed by atoms with Crippen LogP contribution in [0.5, 0.6) is 0 Å². The van der Waals surface area contributed by atoms with E-state index in [1.165, 1.54) is 10.8 Å². The molecule has 35 heavy (non-hydrogen) atoms. The summed E-state index contributed by atoms with van der Waals surface area (Å²) in [4.78, 5) is 35.0. The first kappa shape index (κ1) is 22.5. The third-order valence-corrected chi connectivity index (χ3v) is 6.13. The van der Waals surface area contributed by atoms with Gasteiger partial charge in [-0.25, -0.2) is 9.97 Å². The van der Waals surface area contributed by atoms with Gasteiger partial charge in [0.2, 0.25) is 0 Å². The second kappa shape index (κ2) is 9.55. The summed E-state index contributed by atoms with van der Waals surface area (Å²) in [5.41, 5.74) is 0.766. The van der Waals surface area contributed by atoms with Gasteiger partial charge in [-0.2, -0.15) is 9.61 Å². The molecule has 11 heteroatoms. The van der Waals surface area contributed by atoms with Crippen molar-refractivity contribution in [3.8, 4) is 5.82 Å². The van der Waals surface area contributed by atoms with Crippen molar-refractivity contribution in [1.29, 1.82) is 0 Å². The van der Waals surface area contributed by atoms with E-state index in [2.05, 4.69) is 31.0 Å². The van der Waals surface area contributed by atoms with Crippen LogP contribution < -0.4 is 21.5 Å². The number of nitrogens with one attached hydrogen (secondary N) is 3. The van der Waals surface area contributed by atoms with Crippen molar-refractivity contribution in [2.75, 3.05) is 24.8 Å². The van der Waals surface area contributed by atoms with Gasteiger partial charge in [-0.15, -0.1) is 0 Å². The third-order valence-electron chi connectivity index (χ3n) is 6.13. The zero-order valence-electron chi connectivity index (χ0n) is 19.4. The van der Waals surface area contributed by atoms with Crippen LogP contribution in [-0.4, -0.2) is 56.4 Å². The van der Waals surface area contributed by atoms with Gasteiger partial charge in [0.15, 0.2) is 5.65 Å². The molecule has 4 aromatic rings. The fourth-order valence-electron chi connectivity index (χ4n) is 4.32. The first-order chi connectivity index (χ1) is 17.1. The first-order valence-corrected chi connectivity index (χ1v) is 11.4. The van der Waals surface area contributed by atoms with E-state index in [1.54, 1.807) is 61.4 Å². The molecule has 1 amide bonds. The largest absolute Gasteiger partial charge is 0.381 e. The van der Waals surface area contributed by atoms with E-state index < -0.39 is 0 Å². The van der Waals surface area contributed by atoms with Gasteiger partial charge in [0.1, 0.15) is 28.7 Å². The topological polar surface area (TPSA) is 127 Å². The van der Waals surface area contributed by atoms with Crippen molar-refractivity contribution in [1.82, 2.24) is 29.5 Å². The van der Waals surface area contributed by atoms with Crippen LogP contribution in [0.1, 0.15) is 29.6 Å². The van der Waals surface area contributed by atoms with Crippen LogP contribution in [0, 0.1) is 0 Å². The van der Waals surface area contributed by atoms with Crippen molar-refractivity contribution in [2.24, 2.45) is 0 Å². The Kier molecular flexibility index (Phi) is 6.15. The number of hydrogen-bond donors (Lipinski definition) is 3. The lowest BCUT2D eigenvalue weighted by atomic mass is 10.2. The van der Waals surface area contributed by atoms with Gasteiger partial charge in [0.25, 0.3) is 11.5 Å². The molecule has 0 radical (unpaired) electrons. The highest BCUT2D eigenvalue weighted by Gasteiger charge is 2.27. The number of methoxy groups -OCH3 is 1. The molecule has 11 nitrogen and oxygen atoms in total. The zero-order valence-corrected chi connectivity index (χ0v) is 19.4. The molecule has 0 saturated heterocycles. The predicted octanol–water partition coefficient (Wildman–Crippen LogP) is 2.36.